The van der Waals surface area contributed by atoms with Crippen LogP contribution in [0.5, 0.6) is 0 Å². The Morgan fingerprint density at radius 2 is 1.68 bits per heavy atom. The molecule has 1 saturated carbocycles. The van der Waals surface area contributed by atoms with E-state index in [0.717, 1.165) is 60.5 Å². The molecule has 3 heterocycles. The molecule has 244 valence electrons. The first-order valence-corrected chi connectivity index (χ1v) is 17.2. The van der Waals surface area contributed by atoms with E-state index < -0.39 is 47.6 Å². The van der Waals surface area contributed by atoms with E-state index in [1.807, 2.05) is 24.3 Å². The molecule has 1 aromatic rings. The predicted molar refractivity (Wildman–Crippen MR) is 169 cm³/mol. The van der Waals surface area contributed by atoms with Gasteiger partial charge in [0.15, 0.2) is 11.8 Å². The van der Waals surface area contributed by atoms with Gasteiger partial charge < -0.3 is 30.0 Å². The number of fused-ring (bicyclic) bond motifs is 4. The smallest absolute Gasteiger partial charge is 0.327 e. The van der Waals surface area contributed by atoms with Crippen LogP contribution < -0.4 is 10.6 Å². The fourth-order valence-electron chi connectivity index (χ4n) is 7.20. The Balaban J connectivity index is 1.44. The van der Waals surface area contributed by atoms with E-state index in [9.17, 15) is 14.4 Å². The minimum absolute atomic E-state index is 0.0435. The van der Waals surface area contributed by atoms with Crippen LogP contribution in [0.2, 0.25) is 0 Å². The van der Waals surface area contributed by atoms with Crippen molar-refractivity contribution in [2.24, 2.45) is 5.41 Å². The van der Waals surface area contributed by atoms with Crippen molar-refractivity contribution in [2.45, 2.75) is 121 Å². The first-order valence-electron chi connectivity index (χ1n) is 16.2. The van der Waals surface area contributed by atoms with Crippen molar-refractivity contribution in [3.63, 3.8) is 0 Å². The van der Waals surface area contributed by atoms with Crippen molar-refractivity contribution in [3.8, 4) is 0 Å². The molecule has 0 radical (unpaired) electrons. The van der Waals surface area contributed by atoms with Gasteiger partial charge in [0.05, 0.1) is 13.2 Å². The Hall–Kier alpha value is -1.84. The van der Waals surface area contributed by atoms with Crippen molar-refractivity contribution >= 4 is 40.4 Å². The number of benzene rings is 1. The maximum Gasteiger partial charge on any atom is 0.327 e. The highest BCUT2D eigenvalue weighted by molar-refractivity contribution is 14.1. The molecular weight excluding hydrogens is 681 g/mol. The Morgan fingerprint density at radius 3 is 2.34 bits per heavy atom. The van der Waals surface area contributed by atoms with Gasteiger partial charge in [-0.15, -0.1) is 0 Å². The third-order valence-electron chi connectivity index (χ3n) is 9.32. The van der Waals surface area contributed by atoms with Gasteiger partial charge in [-0.3, -0.25) is 19.2 Å². The Bertz CT molecular complexity index is 1160. The van der Waals surface area contributed by atoms with Crippen molar-refractivity contribution in [1.82, 2.24) is 15.7 Å². The van der Waals surface area contributed by atoms with Crippen LogP contribution in [0.3, 0.4) is 0 Å². The van der Waals surface area contributed by atoms with Gasteiger partial charge in [0.25, 0.3) is 0 Å². The number of carbonyl (C=O) groups excluding carboxylic acids is 3. The quantitative estimate of drug-likeness (QED) is 0.133. The molecule has 5 rings (SSSR count). The van der Waals surface area contributed by atoms with E-state index in [1.165, 1.54) is 0 Å². The number of amides is 2. The molecular formula is C32H46IN3O8. The summed E-state index contributed by atoms with van der Waals surface area (Å²) in [6, 6.07) is 6.96. The molecule has 44 heavy (non-hydrogen) atoms. The van der Waals surface area contributed by atoms with Crippen molar-refractivity contribution in [1.29, 1.82) is 0 Å². The normalized spacial score (nSPS) is 30.1. The van der Waals surface area contributed by atoms with Crippen LogP contribution in [0, 0.1) is 8.99 Å². The van der Waals surface area contributed by atoms with Gasteiger partial charge in [-0.25, -0.2) is 0 Å². The summed E-state index contributed by atoms with van der Waals surface area (Å²) in [7, 11) is 0. The lowest BCUT2D eigenvalue weighted by Gasteiger charge is -2.48. The van der Waals surface area contributed by atoms with Crippen LogP contribution in [0.1, 0.15) is 83.6 Å². The molecule has 3 N–H and O–H groups in total. The van der Waals surface area contributed by atoms with E-state index in [2.05, 4.69) is 47.1 Å². The average Bonchev–Trinajstić information content (AvgIpc) is 3.56. The third-order valence-corrected chi connectivity index (χ3v) is 10.0. The average molecular weight is 728 g/mol. The van der Waals surface area contributed by atoms with E-state index in [-0.39, 0.29) is 50.9 Å². The van der Waals surface area contributed by atoms with Crippen LogP contribution in [0.15, 0.2) is 24.3 Å². The number of ether oxygens (including phenoxy) is 3. The number of halogens is 1. The van der Waals surface area contributed by atoms with Gasteiger partial charge in [0, 0.05) is 42.3 Å². The molecule has 1 aromatic carbocycles. The topological polar surface area (TPSA) is 136 Å². The number of esters is 1. The first kappa shape index (κ1) is 33.5. The van der Waals surface area contributed by atoms with Gasteiger partial charge >= 0.3 is 5.97 Å². The van der Waals surface area contributed by atoms with E-state index >= 15 is 0 Å². The highest BCUT2D eigenvalue weighted by Crippen LogP contribution is 2.58. The van der Waals surface area contributed by atoms with Crippen LogP contribution in [0.25, 0.3) is 0 Å². The van der Waals surface area contributed by atoms with Gasteiger partial charge in [-0.2, -0.15) is 5.06 Å². The number of rotatable bonds is 16. The number of hydroxylamine groups is 2. The van der Waals surface area contributed by atoms with Crippen molar-refractivity contribution in [2.75, 3.05) is 19.7 Å². The van der Waals surface area contributed by atoms with Crippen LogP contribution in [-0.2, 0) is 40.0 Å². The summed E-state index contributed by atoms with van der Waals surface area (Å²) in [5, 5.41) is 16.1. The zero-order valence-electron chi connectivity index (χ0n) is 25.7. The molecule has 11 nitrogen and oxygen atoms in total. The molecule has 2 amide bonds. The molecule has 6 atom stereocenters. The minimum atomic E-state index is -1.28. The van der Waals surface area contributed by atoms with Crippen LogP contribution in [-0.4, -0.2) is 83.9 Å². The second-order valence-corrected chi connectivity index (χ2v) is 13.7. The Morgan fingerprint density at radius 1 is 1.00 bits per heavy atom. The summed E-state index contributed by atoms with van der Waals surface area (Å²) in [5.41, 5.74) is -0.346. The van der Waals surface area contributed by atoms with Gasteiger partial charge in [-0.1, -0.05) is 51.7 Å². The highest BCUT2D eigenvalue weighted by atomic mass is 127. The molecule has 2 bridgehead atoms. The molecule has 0 aromatic heterocycles. The van der Waals surface area contributed by atoms with Crippen LogP contribution >= 0.6 is 22.6 Å². The van der Waals surface area contributed by atoms with E-state index in [0.29, 0.717) is 0 Å². The monoisotopic (exact) mass is 727 g/mol. The predicted octanol–water partition coefficient (Wildman–Crippen LogP) is 3.35. The summed E-state index contributed by atoms with van der Waals surface area (Å²) in [4.78, 5) is 46.8. The molecule has 4 fully saturated rings. The zero-order chi connectivity index (χ0) is 31.3. The second kappa shape index (κ2) is 14.7. The summed E-state index contributed by atoms with van der Waals surface area (Å²) in [5.74, 6) is -1.97. The van der Waals surface area contributed by atoms with Gasteiger partial charge in [0.1, 0.15) is 29.8 Å². The molecule has 0 spiro atoms. The Kier molecular flexibility index (Phi) is 11.2. The lowest BCUT2D eigenvalue weighted by atomic mass is 9.62. The molecule has 1 aliphatic carbocycles. The molecule has 4 aliphatic rings. The summed E-state index contributed by atoms with van der Waals surface area (Å²) in [6.45, 7) is 4.68. The fourth-order valence-corrected chi connectivity index (χ4v) is 7.56. The highest BCUT2D eigenvalue weighted by Gasteiger charge is 2.76. The van der Waals surface area contributed by atoms with Crippen molar-refractivity contribution < 1.29 is 38.5 Å². The molecule has 3 aliphatic heterocycles. The number of aliphatic hydroxyl groups excluding tert-OH is 1. The van der Waals surface area contributed by atoms with E-state index in [4.69, 9.17) is 24.2 Å². The maximum absolute atomic E-state index is 14.3. The van der Waals surface area contributed by atoms with Crippen molar-refractivity contribution in [3.05, 3.63) is 33.4 Å². The Labute approximate surface area is 273 Å². The number of carbonyl (C=O) groups is 3. The molecule has 12 heteroatoms. The number of nitrogens with zero attached hydrogens (tertiary/aromatic N) is 1. The van der Waals surface area contributed by atoms with Gasteiger partial charge in [0.2, 0.25) is 11.8 Å². The minimum Gasteiger partial charge on any atom is -0.458 e. The zero-order valence-corrected chi connectivity index (χ0v) is 27.9. The SMILES string of the molecule is CCCCCC1(CCCCC)O[C@@H]2[C@H](O1)[C@H]1ON(Cc3ccc(I)cc3)[C@@H]3C(=O)O[C@@H]2C[C@]13C(=O)NCCC(=O)NCCO. The largest absolute Gasteiger partial charge is 0.458 e. The standard InChI is InChI=1S/C32H46IN3O8/c1-3-5-7-14-31(15-8-6-4-2)42-25-23-19-32(30(40)35-16-13-24(38)34-17-18-37)27(29(39)41-23)36(44-28(32)26(25)43-31)20-21-9-11-22(33)12-10-21/h9-12,23,25-28,37H,3-8,13-20H2,1-2H3,(H,34,38)(H,35,40)/t23-,25+,26+,27-,28-,32-/m1/s1. The fraction of sp³-hybridized carbons (Fsp3) is 0.719. The number of unbranched alkanes of at least 4 members (excludes halogenated alkanes) is 4. The van der Waals surface area contributed by atoms with E-state index in [1.54, 1.807) is 5.06 Å². The van der Waals surface area contributed by atoms with Crippen LogP contribution in [0.4, 0.5) is 0 Å². The number of aliphatic hydroxyl groups is 1. The number of hydrogen-bond acceptors (Lipinski definition) is 9. The lowest BCUT2D eigenvalue weighted by molar-refractivity contribution is -0.224. The molecule has 3 saturated heterocycles. The second-order valence-electron chi connectivity index (χ2n) is 12.4. The summed E-state index contributed by atoms with van der Waals surface area (Å²) < 4.78 is 20.8. The van der Waals surface area contributed by atoms with Gasteiger partial charge in [-0.05, 0) is 53.1 Å². The summed E-state index contributed by atoms with van der Waals surface area (Å²) in [6.07, 6.45) is 5.31. The number of hydrogen-bond donors (Lipinski definition) is 3. The number of nitrogens with one attached hydrogen (secondary N) is 2. The maximum atomic E-state index is 14.3. The lowest BCUT2D eigenvalue weighted by Crippen LogP contribution is -2.69. The first-order chi connectivity index (χ1) is 21.3. The third kappa shape index (κ3) is 6.80. The molecule has 0 unspecified atom stereocenters. The summed E-state index contributed by atoms with van der Waals surface area (Å²) >= 11 is 2.24.